The van der Waals surface area contributed by atoms with Crippen molar-refractivity contribution in [2.45, 2.75) is 18.9 Å². The first-order valence-electron chi connectivity index (χ1n) is 5.72. The molecule has 1 atom stereocenters. The molecular weight excluding hydrogens is 250 g/mol. The smallest absolute Gasteiger partial charge is 0.138 e. The summed E-state index contributed by atoms with van der Waals surface area (Å²) in [6.07, 6.45) is 3.06. The summed E-state index contributed by atoms with van der Waals surface area (Å²) in [5.41, 5.74) is 3.96. The van der Waals surface area contributed by atoms with Gasteiger partial charge in [-0.05, 0) is 24.1 Å². The number of nitrogens with two attached hydrogens (primary N) is 1. The lowest BCUT2D eigenvalue weighted by atomic mass is 10.0. The van der Waals surface area contributed by atoms with E-state index in [4.69, 9.17) is 17.4 Å². The zero-order valence-corrected chi connectivity index (χ0v) is 10.9. The maximum absolute atomic E-state index is 5.96. The predicted octanol–water partition coefficient (Wildman–Crippen LogP) is 1.09. The van der Waals surface area contributed by atoms with Crippen LogP contribution in [0.3, 0.4) is 0 Å². The standard InChI is InChI=1S/C12H16ClN5/c1-18-12(15-8-16-18)7-11(17-14)6-9-3-2-4-10(13)5-9/h2-5,8,11,17H,6-7,14H2,1H3. The van der Waals surface area contributed by atoms with Crippen molar-refractivity contribution in [3.05, 3.63) is 47.0 Å². The lowest BCUT2D eigenvalue weighted by molar-refractivity contribution is 0.499. The van der Waals surface area contributed by atoms with Crippen molar-refractivity contribution < 1.29 is 0 Å². The number of aromatic nitrogens is 3. The number of benzene rings is 1. The van der Waals surface area contributed by atoms with Gasteiger partial charge in [-0.3, -0.25) is 16.0 Å². The number of halogens is 1. The molecule has 1 unspecified atom stereocenters. The summed E-state index contributed by atoms with van der Waals surface area (Å²) in [5, 5.41) is 4.78. The summed E-state index contributed by atoms with van der Waals surface area (Å²) >= 11 is 5.96. The Morgan fingerprint density at radius 2 is 2.28 bits per heavy atom. The molecule has 0 amide bonds. The summed E-state index contributed by atoms with van der Waals surface area (Å²) < 4.78 is 1.75. The van der Waals surface area contributed by atoms with Crippen molar-refractivity contribution in [1.29, 1.82) is 0 Å². The number of hydrogen-bond donors (Lipinski definition) is 2. The molecule has 0 spiro atoms. The normalized spacial score (nSPS) is 12.6. The molecule has 0 radical (unpaired) electrons. The van der Waals surface area contributed by atoms with Crippen LogP contribution in [0.25, 0.3) is 0 Å². The Labute approximate surface area is 111 Å². The van der Waals surface area contributed by atoms with Gasteiger partial charge < -0.3 is 0 Å². The van der Waals surface area contributed by atoms with Gasteiger partial charge >= 0.3 is 0 Å². The van der Waals surface area contributed by atoms with Crippen LogP contribution in [0.15, 0.2) is 30.6 Å². The topological polar surface area (TPSA) is 68.8 Å². The van der Waals surface area contributed by atoms with Crippen LogP contribution in [0.2, 0.25) is 5.02 Å². The second-order valence-electron chi connectivity index (χ2n) is 4.20. The van der Waals surface area contributed by atoms with Gasteiger partial charge in [0.15, 0.2) is 0 Å². The van der Waals surface area contributed by atoms with Crippen LogP contribution in [-0.4, -0.2) is 20.8 Å². The highest BCUT2D eigenvalue weighted by Gasteiger charge is 2.12. The fourth-order valence-corrected chi connectivity index (χ4v) is 2.08. The van der Waals surface area contributed by atoms with Gasteiger partial charge in [-0.1, -0.05) is 23.7 Å². The summed E-state index contributed by atoms with van der Waals surface area (Å²) in [7, 11) is 1.87. The van der Waals surface area contributed by atoms with E-state index >= 15 is 0 Å². The first-order valence-corrected chi connectivity index (χ1v) is 6.10. The average Bonchev–Trinajstić information content (AvgIpc) is 2.74. The quantitative estimate of drug-likeness (QED) is 0.627. The van der Waals surface area contributed by atoms with Crippen molar-refractivity contribution in [3.63, 3.8) is 0 Å². The summed E-state index contributed by atoms with van der Waals surface area (Å²) in [4.78, 5) is 4.19. The second-order valence-corrected chi connectivity index (χ2v) is 4.64. The molecule has 6 heteroatoms. The van der Waals surface area contributed by atoms with E-state index in [1.54, 1.807) is 11.0 Å². The molecule has 2 rings (SSSR count). The largest absolute Gasteiger partial charge is 0.271 e. The van der Waals surface area contributed by atoms with Gasteiger partial charge in [0.1, 0.15) is 12.2 Å². The van der Waals surface area contributed by atoms with E-state index < -0.39 is 0 Å². The molecule has 0 bridgehead atoms. The van der Waals surface area contributed by atoms with E-state index in [0.29, 0.717) is 0 Å². The molecule has 1 aromatic heterocycles. The summed E-state index contributed by atoms with van der Waals surface area (Å²) in [6.45, 7) is 0. The van der Waals surface area contributed by atoms with Crippen molar-refractivity contribution >= 4 is 11.6 Å². The van der Waals surface area contributed by atoms with Gasteiger partial charge in [-0.2, -0.15) is 5.10 Å². The Bertz CT molecular complexity index is 511. The highest BCUT2D eigenvalue weighted by atomic mass is 35.5. The molecule has 1 heterocycles. The molecule has 0 aliphatic rings. The highest BCUT2D eigenvalue weighted by Crippen LogP contribution is 2.13. The van der Waals surface area contributed by atoms with Gasteiger partial charge in [-0.15, -0.1) is 0 Å². The van der Waals surface area contributed by atoms with Gasteiger partial charge in [-0.25, -0.2) is 4.98 Å². The predicted molar refractivity (Wildman–Crippen MR) is 71.0 cm³/mol. The van der Waals surface area contributed by atoms with Crippen molar-refractivity contribution in [3.8, 4) is 0 Å². The third-order valence-electron chi connectivity index (χ3n) is 2.84. The van der Waals surface area contributed by atoms with E-state index in [-0.39, 0.29) is 6.04 Å². The number of rotatable bonds is 5. The zero-order valence-electron chi connectivity index (χ0n) is 10.2. The lowest BCUT2D eigenvalue weighted by Crippen LogP contribution is -2.39. The fraction of sp³-hybridized carbons (Fsp3) is 0.333. The number of nitrogens with one attached hydrogen (secondary N) is 1. The van der Waals surface area contributed by atoms with E-state index in [1.807, 2.05) is 31.3 Å². The van der Waals surface area contributed by atoms with Crippen LogP contribution in [0.4, 0.5) is 0 Å². The van der Waals surface area contributed by atoms with E-state index in [9.17, 15) is 0 Å². The molecule has 0 fully saturated rings. The Hall–Kier alpha value is -1.43. The summed E-state index contributed by atoms with van der Waals surface area (Å²) in [5.74, 6) is 6.49. The highest BCUT2D eigenvalue weighted by molar-refractivity contribution is 6.30. The van der Waals surface area contributed by atoms with E-state index in [0.717, 1.165) is 29.3 Å². The monoisotopic (exact) mass is 265 g/mol. The molecular formula is C12H16ClN5. The molecule has 5 nitrogen and oxygen atoms in total. The van der Waals surface area contributed by atoms with Crippen molar-refractivity contribution in [2.24, 2.45) is 12.9 Å². The van der Waals surface area contributed by atoms with Crippen LogP contribution < -0.4 is 11.3 Å². The second kappa shape index (κ2) is 5.95. The maximum atomic E-state index is 5.96. The van der Waals surface area contributed by atoms with Gasteiger partial charge in [0.2, 0.25) is 0 Å². The minimum Gasteiger partial charge on any atom is -0.271 e. The van der Waals surface area contributed by atoms with Gasteiger partial charge in [0.25, 0.3) is 0 Å². The van der Waals surface area contributed by atoms with Crippen LogP contribution in [0.1, 0.15) is 11.4 Å². The molecule has 18 heavy (non-hydrogen) atoms. The van der Waals surface area contributed by atoms with Gasteiger partial charge in [0, 0.05) is 24.5 Å². The number of hydrazine groups is 1. The maximum Gasteiger partial charge on any atom is 0.138 e. The minimum absolute atomic E-state index is 0.103. The number of nitrogens with zero attached hydrogens (tertiary/aromatic N) is 3. The molecule has 0 saturated heterocycles. The van der Waals surface area contributed by atoms with Crippen LogP contribution >= 0.6 is 11.6 Å². The van der Waals surface area contributed by atoms with Crippen molar-refractivity contribution in [2.75, 3.05) is 0 Å². The first kappa shape index (κ1) is 13.0. The molecule has 0 aliphatic heterocycles. The third kappa shape index (κ3) is 3.29. The molecule has 2 aromatic rings. The molecule has 0 saturated carbocycles. The molecule has 3 N–H and O–H groups in total. The Morgan fingerprint density at radius 3 is 2.89 bits per heavy atom. The Morgan fingerprint density at radius 1 is 1.44 bits per heavy atom. The molecule has 0 aliphatic carbocycles. The average molecular weight is 266 g/mol. The Kier molecular flexibility index (Phi) is 4.30. The molecule has 1 aromatic carbocycles. The number of hydrogen-bond acceptors (Lipinski definition) is 4. The SMILES string of the molecule is Cn1ncnc1CC(Cc1cccc(Cl)c1)NN. The van der Waals surface area contributed by atoms with Crippen molar-refractivity contribution in [1.82, 2.24) is 20.2 Å². The van der Waals surface area contributed by atoms with E-state index in [2.05, 4.69) is 15.5 Å². The minimum atomic E-state index is 0.103. The fourth-order valence-electron chi connectivity index (χ4n) is 1.86. The summed E-state index contributed by atoms with van der Waals surface area (Å²) in [6, 6.07) is 7.88. The van der Waals surface area contributed by atoms with Crippen LogP contribution in [-0.2, 0) is 19.9 Å². The molecule has 96 valence electrons. The lowest BCUT2D eigenvalue weighted by Gasteiger charge is -2.15. The third-order valence-corrected chi connectivity index (χ3v) is 3.08. The Balaban J connectivity index is 2.04. The van der Waals surface area contributed by atoms with Crippen LogP contribution in [0, 0.1) is 0 Å². The first-order chi connectivity index (χ1) is 8.69. The number of aryl methyl sites for hydroxylation is 1. The zero-order chi connectivity index (χ0) is 13.0. The van der Waals surface area contributed by atoms with Gasteiger partial charge in [0.05, 0.1) is 0 Å². The van der Waals surface area contributed by atoms with E-state index in [1.165, 1.54) is 0 Å². The van der Waals surface area contributed by atoms with Crippen LogP contribution in [0.5, 0.6) is 0 Å².